The van der Waals surface area contributed by atoms with E-state index in [1.807, 2.05) is 0 Å². The molecule has 0 aliphatic rings. The van der Waals surface area contributed by atoms with Gasteiger partial charge in [0.05, 0.1) is 18.0 Å². The fourth-order valence-electron chi connectivity index (χ4n) is 1.51. The van der Waals surface area contributed by atoms with Crippen LogP contribution < -0.4 is 5.56 Å². The smallest absolute Gasteiger partial charge is 0.271 e. The van der Waals surface area contributed by atoms with E-state index in [0.29, 0.717) is 22.0 Å². The Balaban J connectivity index is 2.56. The molecule has 1 heterocycles. The number of aliphatic hydroxyl groups is 1. The lowest BCUT2D eigenvalue weighted by Gasteiger charge is -2.07. The van der Waals surface area contributed by atoms with E-state index in [1.165, 1.54) is 10.7 Å². The van der Waals surface area contributed by atoms with Gasteiger partial charge in [-0.05, 0) is 31.2 Å². The Bertz CT molecular complexity index is 590. The van der Waals surface area contributed by atoms with Crippen LogP contribution in [0.25, 0.3) is 5.69 Å². The highest BCUT2D eigenvalue weighted by Crippen LogP contribution is 2.12. The third kappa shape index (κ3) is 2.38. The number of aromatic nitrogens is 2. The molecule has 17 heavy (non-hydrogen) atoms. The first-order valence-electron chi connectivity index (χ1n) is 5.08. The number of halogens is 1. The van der Waals surface area contributed by atoms with Crippen molar-refractivity contribution >= 4 is 11.6 Å². The molecule has 2 aromatic rings. The lowest BCUT2D eigenvalue weighted by Crippen LogP contribution is -2.22. The van der Waals surface area contributed by atoms with Crippen molar-refractivity contribution in [2.45, 2.75) is 13.5 Å². The van der Waals surface area contributed by atoms with Gasteiger partial charge in [0.25, 0.3) is 5.56 Å². The average molecular weight is 251 g/mol. The van der Waals surface area contributed by atoms with E-state index in [9.17, 15) is 4.79 Å². The number of aryl methyl sites for hydroxylation is 1. The van der Waals surface area contributed by atoms with E-state index in [1.54, 1.807) is 31.2 Å². The minimum atomic E-state index is -0.276. The molecule has 5 heteroatoms. The summed E-state index contributed by atoms with van der Waals surface area (Å²) in [5.41, 5.74) is 1.54. The van der Waals surface area contributed by atoms with Crippen LogP contribution >= 0.6 is 11.6 Å². The van der Waals surface area contributed by atoms with Crippen LogP contribution in [0.5, 0.6) is 0 Å². The summed E-state index contributed by atoms with van der Waals surface area (Å²) >= 11 is 5.78. The summed E-state index contributed by atoms with van der Waals surface area (Å²) in [6.45, 7) is 1.56. The van der Waals surface area contributed by atoms with E-state index in [-0.39, 0.29) is 12.2 Å². The van der Waals surface area contributed by atoms with Gasteiger partial charge in [-0.25, -0.2) is 0 Å². The second-order valence-corrected chi connectivity index (χ2v) is 4.08. The average Bonchev–Trinajstić information content (AvgIpc) is 2.33. The molecule has 0 aliphatic heterocycles. The highest BCUT2D eigenvalue weighted by atomic mass is 35.5. The van der Waals surface area contributed by atoms with Crippen LogP contribution in [0.4, 0.5) is 0 Å². The molecule has 0 unspecified atom stereocenters. The number of benzene rings is 1. The molecule has 1 aromatic heterocycles. The standard InChI is InChI=1S/C12H11ClN2O2/c1-8-9(7-16)6-12(17)15(14-8)11-4-2-10(13)3-5-11/h2-6,16H,7H2,1H3. The van der Waals surface area contributed by atoms with Gasteiger partial charge in [0.1, 0.15) is 0 Å². The lowest BCUT2D eigenvalue weighted by molar-refractivity contribution is 0.279. The summed E-state index contributed by atoms with van der Waals surface area (Å²) < 4.78 is 1.28. The van der Waals surface area contributed by atoms with E-state index in [4.69, 9.17) is 16.7 Å². The molecule has 0 atom stereocenters. The summed E-state index contributed by atoms with van der Waals surface area (Å²) in [4.78, 5) is 11.8. The van der Waals surface area contributed by atoms with Crippen LogP contribution in [0.2, 0.25) is 5.02 Å². The number of aliphatic hydroxyl groups excluding tert-OH is 1. The van der Waals surface area contributed by atoms with Crippen LogP contribution in [-0.2, 0) is 6.61 Å². The zero-order valence-corrected chi connectivity index (χ0v) is 9.98. The zero-order chi connectivity index (χ0) is 12.4. The van der Waals surface area contributed by atoms with Crippen molar-refractivity contribution in [1.82, 2.24) is 9.78 Å². The SMILES string of the molecule is Cc1nn(-c2ccc(Cl)cc2)c(=O)cc1CO. The molecule has 0 spiro atoms. The van der Waals surface area contributed by atoms with Crippen molar-refractivity contribution in [2.24, 2.45) is 0 Å². The summed E-state index contributed by atoms with van der Waals surface area (Å²) in [6.07, 6.45) is 0. The van der Waals surface area contributed by atoms with Gasteiger partial charge < -0.3 is 5.11 Å². The highest BCUT2D eigenvalue weighted by molar-refractivity contribution is 6.30. The van der Waals surface area contributed by atoms with Crippen LogP contribution in [0.1, 0.15) is 11.3 Å². The van der Waals surface area contributed by atoms with Gasteiger partial charge >= 0.3 is 0 Å². The van der Waals surface area contributed by atoms with Gasteiger partial charge in [-0.2, -0.15) is 9.78 Å². The zero-order valence-electron chi connectivity index (χ0n) is 9.22. The Hall–Kier alpha value is -1.65. The van der Waals surface area contributed by atoms with Gasteiger partial charge in [-0.1, -0.05) is 11.6 Å². The topological polar surface area (TPSA) is 55.1 Å². The minimum Gasteiger partial charge on any atom is -0.392 e. The number of nitrogens with zero attached hydrogens (tertiary/aromatic N) is 2. The van der Waals surface area contributed by atoms with Gasteiger partial charge in [0, 0.05) is 16.7 Å². The third-order valence-corrected chi connectivity index (χ3v) is 2.71. The predicted octanol–water partition coefficient (Wildman–Crippen LogP) is 1.69. The first kappa shape index (κ1) is 11.8. The fraction of sp³-hybridized carbons (Fsp3) is 0.167. The molecule has 1 N–H and O–H groups in total. The molecule has 2 rings (SSSR count). The summed E-state index contributed by atoms with van der Waals surface area (Å²) in [5, 5.41) is 13.8. The second kappa shape index (κ2) is 4.69. The van der Waals surface area contributed by atoms with Crippen molar-refractivity contribution < 1.29 is 5.11 Å². The molecular weight excluding hydrogens is 240 g/mol. The number of hydrogen-bond donors (Lipinski definition) is 1. The molecule has 1 aromatic carbocycles. The molecule has 0 aliphatic carbocycles. The van der Waals surface area contributed by atoms with E-state index in [0.717, 1.165) is 0 Å². The van der Waals surface area contributed by atoms with Crippen molar-refractivity contribution in [1.29, 1.82) is 0 Å². The summed E-state index contributed by atoms with van der Waals surface area (Å²) in [7, 11) is 0. The predicted molar refractivity (Wildman–Crippen MR) is 65.5 cm³/mol. The van der Waals surface area contributed by atoms with Crippen LogP contribution in [0, 0.1) is 6.92 Å². The lowest BCUT2D eigenvalue weighted by atomic mass is 10.2. The molecule has 0 saturated carbocycles. The van der Waals surface area contributed by atoms with E-state index < -0.39 is 0 Å². The van der Waals surface area contributed by atoms with Gasteiger partial charge in [0.15, 0.2) is 0 Å². The Morgan fingerprint density at radius 2 is 2.00 bits per heavy atom. The maximum Gasteiger partial charge on any atom is 0.271 e. The Kier molecular flexibility index (Phi) is 3.26. The molecule has 0 bridgehead atoms. The highest BCUT2D eigenvalue weighted by Gasteiger charge is 2.06. The normalized spacial score (nSPS) is 10.5. The molecule has 0 amide bonds. The number of rotatable bonds is 2. The second-order valence-electron chi connectivity index (χ2n) is 3.64. The van der Waals surface area contributed by atoms with E-state index >= 15 is 0 Å². The van der Waals surface area contributed by atoms with Gasteiger partial charge in [0.2, 0.25) is 0 Å². The monoisotopic (exact) mass is 250 g/mol. The quantitative estimate of drug-likeness (QED) is 0.882. The maximum atomic E-state index is 11.8. The Labute approximate surface area is 103 Å². The van der Waals surface area contributed by atoms with Gasteiger partial charge in [-0.15, -0.1) is 0 Å². The van der Waals surface area contributed by atoms with Crippen molar-refractivity contribution in [3.8, 4) is 5.69 Å². The molecular formula is C12H11ClN2O2. The first-order chi connectivity index (χ1) is 8.11. The Morgan fingerprint density at radius 3 is 2.59 bits per heavy atom. The van der Waals surface area contributed by atoms with Crippen LogP contribution in [0.15, 0.2) is 35.1 Å². The van der Waals surface area contributed by atoms with Crippen molar-refractivity contribution in [2.75, 3.05) is 0 Å². The van der Waals surface area contributed by atoms with Crippen LogP contribution in [0.3, 0.4) is 0 Å². The third-order valence-electron chi connectivity index (χ3n) is 2.46. The van der Waals surface area contributed by atoms with Gasteiger partial charge in [-0.3, -0.25) is 4.79 Å². The summed E-state index contributed by atoms with van der Waals surface area (Å²) in [6, 6.07) is 8.21. The fourth-order valence-corrected chi connectivity index (χ4v) is 1.63. The number of hydrogen-bond acceptors (Lipinski definition) is 3. The largest absolute Gasteiger partial charge is 0.392 e. The van der Waals surface area contributed by atoms with Crippen LogP contribution in [-0.4, -0.2) is 14.9 Å². The first-order valence-corrected chi connectivity index (χ1v) is 5.46. The van der Waals surface area contributed by atoms with Crippen molar-refractivity contribution in [3.63, 3.8) is 0 Å². The molecule has 0 fully saturated rings. The Morgan fingerprint density at radius 1 is 1.35 bits per heavy atom. The minimum absolute atomic E-state index is 0.185. The maximum absolute atomic E-state index is 11.8. The summed E-state index contributed by atoms with van der Waals surface area (Å²) in [5.74, 6) is 0. The molecule has 4 nitrogen and oxygen atoms in total. The molecule has 0 radical (unpaired) electrons. The molecule has 88 valence electrons. The van der Waals surface area contributed by atoms with E-state index in [2.05, 4.69) is 5.10 Å². The molecule has 0 saturated heterocycles. The van der Waals surface area contributed by atoms with Crippen molar-refractivity contribution in [3.05, 3.63) is 57.0 Å².